The van der Waals surface area contributed by atoms with E-state index in [-0.39, 0.29) is 22.4 Å². The van der Waals surface area contributed by atoms with Crippen LogP contribution in [-0.4, -0.2) is 30.3 Å². The normalized spacial score (nSPS) is 12.1. The number of hydrogen-bond acceptors (Lipinski definition) is 5. The predicted molar refractivity (Wildman–Crippen MR) is 77.6 cm³/mol. The van der Waals surface area contributed by atoms with Crippen molar-refractivity contribution in [2.24, 2.45) is 0 Å². The summed E-state index contributed by atoms with van der Waals surface area (Å²) in [7, 11) is 2.55. The van der Waals surface area contributed by atoms with Crippen LogP contribution in [0.15, 0.2) is 36.5 Å². The molecule has 1 heterocycles. The van der Waals surface area contributed by atoms with Gasteiger partial charge in [-0.3, -0.25) is 4.98 Å². The van der Waals surface area contributed by atoms with Crippen molar-refractivity contribution in [1.29, 1.82) is 0 Å². The molecular formula is C16H15F2NO4. The first-order chi connectivity index (χ1) is 11.0. The second kappa shape index (κ2) is 7.15. The van der Waals surface area contributed by atoms with E-state index in [1.54, 1.807) is 12.1 Å². The molecule has 0 radical (unpaired) electrons. The second-order valence-corrected chi connectivity index (χ2v) is 4.63. The molecule has 0 saturated heterocycles. The van der Waals surface area contributed by atoms with Gasteiger partial charge in [-0.1, -0.05) is 18.2 Å². The van der Waals surface area contributed by atoms with Crippen LogP contribution in [0, 0.1) is 0 Å². The molecule has 0 amide bonds. The average molecular weight is 323 g/mol. The fourth-order valence-electron chi connectivity index (χ4n) is 2.18. The number of rotatable bonds is 5. The molecule has 0 aliphatic rings. The van der Waals surface area contributed by atoms with Crippen LogP contribution in [0.4, 0.5) is 8.78 Å². The van der Waals surface area contributed by atoms with Gasteiger partial charge in [0, 0.05) is 5.56 Å². The fourth-order valence-corrected chi connectivity index (χ4v) is 2.18. The Morgan fingerprint density at radius 1 is 1.22 bits per heavy atom. The lowest BCUT2D eigenvalue weighted by molar-refractivity contribution is 0.0595. The van der Waals surface area contributed by atoms with Gasteiger partial charge in [0.15, 0.2) is 0 Å². The molecule has 0 fully saturated rings. The molecule has 1 unspecified atom stereocenters. The zero-order chi connectivity index (χ0) is 17.0. The Morgan fingerprint density at radius 2 is 1.91 bits per heavy atom. The number of aromatic nitrogens is 1. The SMILES string of the molecule is COC(=O)c1ccccc1C(O)c1cc(C(F)F)ncc1OC. The van der Waals surface area contributed by atoms with Crippen LogP contribution in [0.1, 0.15) is 39.7 Å². The summed E-state index contributed by atoms with van der Waals surface area (Å²) in [4.78, 5) is 15.4. The summed E-state index contributed by atoms with van der Waals surface area (Å²) in [5.41, 5.74) is -0.0337. The van der Waals surface area contributed by atoms with Gasteiger partial charge < -0.3 is 14.6 Å². The molecule has 7 heteroatoms. The molecule has 0 aliphatic carbocycles. The molecule has 2 rings (SSSR count). The van der Waals surface area contributed by atoms with Crippen molar-refractivity contribution >= 4 is 5.97 Å². The van der Waals surface area contributed by atoms with Crippen molar-refractivity contribution in [3.8, 4) is 5.75 Å². The number of methoxy groups -OCH3 is 2. The van der Waals surface area contributed by atoms with Crippen LogP contribution >= 0.6 is 0 Å². The Balaban J connectivity index is 2.54. The number of aliphatic hydroxyl groups is 1. The van der Waals surface area contributed by atoms with Gasteiger partial charge in [-0.15, -0.1) is 0 Å². The Morgan fingerprint density at radius 3 is 2.52 bits per heavy atom. The van der Waals surface area contributed by atoms with E-state index < -0.39 is 24.2 Å². The number of benzene rings is 1. The van der Waals surface area contributed by atoms with Gasteiger partial charge >= 0.3 is 5.97 Å². The van der Waals surface area contributed by atoms with Crippen LogP contribution in [-0.2, 0) is 4.74 Å². The van der Waals surface area contributed by atoms with Crippen molar-refractivity contribution in [2.75, 3.05) is 14.2 Å². The summed E-state index contributed by atoms with van der Waals surface area (Å²) >= 11 is 0. The maximum absolute atomic E-state index is 12.9. The molecule has 122 valence electrons. The van der Waals surface area contributed by atoms with Gasteiger partial charge in [-0.05, 0) is 17.7 Å². The van der Waals surface area contributed by atoms with Crippen LogP contribution in [0.2, 0.25) is 0 Å². The van der Waals surface area contributed by atoms with Crippen LogP contribution in [0.3, 0.4) is 0 Å². The van der Waals surface area contributed by atoms with Gasteiger partial charge in [-0.25, -0.2) is 13.6 Å². The predicted octanol–water partition coefficient (Wildman–Crippen LogP) is 2.90. The summed E-state index contributed by atoms with van der Waals surface area (Å²) in [6.07, 6.45) is -3.02. The topological polar surface area (TPSA) is 68.7 Å². The highest BCUT2D eigenvalue weighted by atomic mass is 19.3. The molecule has 5 nitrogen and oxygen atoms in total. The van der Waals surface area contributed by atoms with E-state index in [9.17, 15) is 18.7 Å². The summed E-state index contributed by atoms with van der Waals surface area (Å²) in [6, 6.07) is 7.27. The van der Waals surface area contributed by atoms with Gasteiger partial charge in [-0.2, -0.15) is 0 Å². The molecule has 23 heavy (non-hydrogen) atoms. The van der Waals surface area contributed by atoms with Crippen LogP contribution in [0.5, 0.6) is 5.75 Å². The molecule has 1 aromatic heterocycles. The van der Waals surface area contributed by atoms with Gasteiger partial charge in [0.25, 0.3) is 6.43 Å². The highest BCUT2D eigenvalue weighted by molar-refractivity contribution is 5.91. The lowest BCUT2D eigenvalue weighted by atomic mass is 9.96. The molecule has 2 aromatic rings. The number of ether oxygens (including phenoxy) is 2. The molecule has 1 atom stereocenters. The standard InChI is InChI=1S/C16H15F2NO4/c1-22-13-8-19-12(15(17)18)7-11(13)14(20)9-5-3-4-6-10(9)16(21)23-2/h3-8,14-15,20H,1-2H3. The van der Waals surface area contributed by atoms with Gasteiger partial charge in [0.2, 0.25) is 0 Å². The largest absolute Gasteiger partial charge is 0.495 e. The smallest absolute Gasteiger partial charge is 0.338 e. The quantitative estimate of drug-likeness (QED) is 0.857. The third kappa shape index (κ3) is 3.45. The highest BCUT2D eigenvalue weighted by Gasteiger charge is 2.23. The zero-order valence-corrected chi connectivity index (χ0v) is 12.5. The number of hydrogen-bond donors (Lipinski definition) is 1. The molecule has 0 spiro atoms. The number of pyridine rings is 1. The molecular weight excluding hydrogens is 308 g/mol. The monoisotopic (exact) mass is 323 g/mol. The minimum atomic E-state index is -2.79. The summed E-state index contributed by atoms with van der Waals surface area (Å²) in [6.45, 7) is 0. The van der Waals surface area contributed by atoms with E-state index in [4.69, 9.17) is 4.74 Å². The summed E-state index contributed by atoms with van der Waals surface area (Å²) < 4.78 is 35.4. The number of alkyl halides is 2. The Hall–Kier alpha value is -2.54. The maximum atomic E-state index is 12.9. The Labute approximate surface area is 131 Å². The third-order valence-electron chi connectivity index (χ3n) is 3.32. The molecule has 0 saturated carbocycles. The van der Waals surface area contributed by atoms with Gasteiger partial charge in [0.05, 0.1) is 26.0 Å². The Kier molecular flexibility index (Phi) is 5.23. The van der Waals surface area contributed by atoms with E-state index in [0.29, 0.717) is 0 Å². The van der Waals surface area contributed by atoms with Crippen molar-refractivity contribution in [3.05, 3.63) is 58.9 Å². The van der Waals surface area contributed by atoms with Crippen LogP contribution in [0.25, 0.3) is 0 Å². The number of nitrogens with zero attached hydrogens (tertiary/aromatic N) is 1. The van der Waals surface area contributed by atoms with E-state index >= 15 is 0 Å². The first-order valence-corrected chi connectivity index (χ1v) is 6.66. The van der Waals surface area contributed by atoms with Crippen molar-refractivity contribution < 1.29 is 28.2 Å². The second-order valence-electron chi connectivity index (χ2n) is 4.63. The Bertz CT molecular complexity index is 706. The minimum Gasteiger partial charge on any atom is -0.495 e. The van der Waals surface area contributed by atoms with E-state index in [0.717, 1.165) is 12.3 Å². The lowest BCUT2D eigenvalue weighted by Gasteiger charge is -2.18. The number of carbonyl (C=O) groups is 1. The number of halogens is 2. The molecule has 0 aliphatic heterocycles. The van der Waals surface area contributed by atoms with Crippen molar-refractivity contribution in [1.82, 2.24) is 4.98 Å². The minimum absolute atomic E-state index is 0.0918. The average Bonchev–Trinajstić information content (AvgIpc) is 2.59. The maximum Gasteiger partial charge on any atom is 0.338 e. The summed E-state index contributed by atoms with van der Waals surface area (Å²) in [5, 5.41) is 10.6. The lowest BCUT2D eigenvalue weighted by Crippen LogP contribution is -2.11. The summed E-state index contributed by atoms with van der Waals surface area (Å²) in [5.74, 6) is -0.497. The molecule has 1 N–H and O–H groups in total. The zero-order valence-electron chi connectivity index (χ0n) is 12.5. The first-order valence-electron chi connectivity index (χ1n) is 6.66. The fraction of sp³-hybridized carbons (Fsp3) is 0.250. The van der Waals surface area contributed by atoms with Crippen molar-refractivity contribution in [3.63, 3.8) is 0 Å². The number of aliphatic hydroxyl groups excluding tert-OH is 1. The number of esters is 1. The molecule has 1 aromatic carbocycles. The van der Waals surface area contributed by atoms with E-state index in [1.807, 2.05) is 0 Å². The highest BCUT2D eigenvalue weighted by Crippen LogP contribution is 2.33. The van der Waals surface area contributed by atoms with E-state index in [2.05, 4.69) is 9.72 Å². The number of carbonyl (C=O) groups excluding carboxylic acids is 1. The van der Waals surface area contributed by atoms with Crippen LogP contribution < -0.4 is 4.74 Å². The molecule has 0 bridgehead atoms. The third-order valence-corrected chi connectivity index (χ3v) is 3.32. The van der Waals surface area contributed by atoms with Crippen molar-refractivity contribution in [2.45, 2.75) is 12.5 Å². The van der Waals surface area contributed by atoms with Gasteiger partial charge in [0.1, 0.15) is 17.5 Å². The first kappa shape index (κ1) is 16.8. The van der Waals surface area contributed by atoms with E-state index in [1.165, 1.54) is 26.4 Å².